The van der Waals surface area contributed by atoms with E-state index in [-0.39, 0.29) is 0 Å². The Labute approximate surface area is 139 Å². The van der Waals surface area contributed by atoms with Crippen molar-refractivity contribution in [1.29, 1.82) is 0 Å². The zero-order chi connectivity index (χ0) is 16.4. The molecular weight excluding hydrogens is 310 g/mol. The summed E-state index contributed by atoms with van der Waals surface area (Å²) >= 11 is 5.39. The second-order valence-corrected chi connectivity index (χ2v) is 5.51. The molecule has 5 nitrogen and oxygen atoms in total. The van der Waals surface area contributed by atoms with Crippen molar-refractivity contribution in [3.8, 4) is 28.6 Å². The summed E-state index contributed by atoms with van der Waals surface area (Å²) in [5.41, 5.74) is 2.99. The van der Waals surface area contributed by atoms with Crippen molar-refractivity contribution in [3.05, 3.63) is 52.8 Å². The molecule has 0 unspecified atom stereocenters. The number of rotatable bonds is 4. The van der Waals surface area contributed by atoms with Crippen molar-refractivity contribution in [2.24, 2.45) is 0 Å². The van der Waals surface area contributed by atoms with Crippen LogP contribution < -0.4 is 9.47 Å². The standard InChI is InChI=1S/C17H17N3O2S/c1-11-4-6-13(7-5-11)20-16(18-19-17(20)23)12-8-14(21-2)10-15(9-12)22-3/h4-10H,1-3H3,(H,19,23). The number of aromatic amines is 1. The minimum Gasteiger partial charge on any atom is -0.497 e. The van der Waals surface area contributed by atoms with E-state index in [1.54, 1.807) is 14.2 Å². The van der Waals surface area contributed by atoms with E-state index in [1.807, 2.05) is 54.0 Å². The number of hydrogen-bond acceptors (Lipinski definition) is 4. The maximum atomic E-state index is 5.39. The fraction of sp³-hybridized carbons (Fsp3) is 0.176. The van der Waals surface area contributed by atoms with Gasteiger partial charge in [0.15, 0.2) is 10.6 Å². The summed E-state index contributed by atoms with van der Waals surface area (Å²) in [4.78, 5) is 0. The van der Waals surface area contributed by atoms with Crippen LogP contribution in [0.25, 0.3) is 17.1 Å². The number of nitrogens with one attached hydrogen (secondary N) is 1. The SMILES string of the molecule is COc1cc(OC)cc(-c2n[nH]c(=S)n2-c2ccc(C)cc2)c1. The molecule has 0 amide bonds. The van der Waals surface area contributed by atoms with Crippen LogP contribution in [-0.2, 0) is 0 Å². The van der Waals surface area contributed by atoms with Gasteiger partial charge in [0.1, 0.15) is 11.5 Å². The lowest BCUT2D eigenvalue weighted by Gasteiger charge is -2.10. The van der Waals surface area contributed by atoms with Crippen LogP contribution in [0.4, 0.5) is 0 Å². The van der Waals surface area contributed by atoms with Crippen LogP contribution >= 0.6 is 12.2 Å². The molecule has 0 saturated heterocycles. The molecule has 3 aromatic rings. The van der Waals surface area contributed by atoms with Crippen LogP contribution in [0.5, 0.6) is 11.5 Å². The summed E-state index contributed by atoms with van der Waals surface area (Å²) in [6, 6.07) is 13.7. The van der Waals surface area contributed by atoms with Crippen LogP contribution in [0.1, 0.15) is 5.56 Å². The molecule has 0 aliphatic carbocycles. The second-order valence-electron chi connectivity index (χ2n) is 5.12. The highest BCUT2D eigenvalue weighted by molar-refractivity contribution is 7.71. The van der Waals surface area contributed by atoms with Crippen molar-refractivity contribution in [2.45, 2.75) is 6.92 Å². The van der Waals surface area contributed by atoms with Crippen LogP contribution in [0, 0.1) is 11.7 Å². The third-order valence-corrected chi connectivity index (χ3v) is 3.85. The molecule has 0 aliphatic rings. The Kier molecular flexibility index (Phi) is 4.16. The normalized spacial score (nSPS) is 10.6. The minimum atomic E-state index is 0.533. The Hall–Kier alpha value is -2.60. The van der Waals surface area contributed by atoms with Crippen molar-refractivity contribution in [3.63, 3.8) is 0 Å². The van der Waals surface area contributed by atoms with E-state index in [0.29, 0.717) is 22.1 Å². The molecule has 1 aromatic heterocycles. The molecule has 0 spiro atoms. The van der Waals surface area contributed by atoms with E-state index < -0.39 is 0 Å². The van der Waals surface area contributed by atoms with Gasteiger partial charge in [-0.05, 0) is 43.4 Å². The first kappa shape index (κ1) is 15.3. The van der Waals surface area contributed by atoms with Crippen LogP contribution in [-0.4, -0.2) is 29.0 Å². The van der Waals surface area contributed by atoms with Gasteiger partial charge in [0.2, 0.25) is 0 Å². The summed E-state index contributed by atoms with van der Waals surface area (Å²) in [6.07, 6.45) is 0. The molecule has 0 radical (unpaired) electrons. The molecule has 0 fully saturated rings. The van der Waals surface area contributed by atoms with Crippen molar-refractivity contribution < 1.29 is 9.47 Å². The van der Waals surface area contributed by atoms with Gasteiger partial charge in [0.05, 0.1) is 14.2 Å². The third kappa shape index (κ3) is 2.98. The highest BCUT2D eigenvalue weighted by Crippen LogP contribution is 2.30. The summed E-state index contributed by atoms with van der Waals surface area (Å²) < 4.78 is 13.1. The van der Waals surface area contributed by atoms with Gasteiger partial charge < -0.3 is 9.47 Å². The maximum absolute atomic E-state index is 5.39. The van der Waals surface area contributed by atoms with E-state index in [1.165, 1.54) is 5.56 Å². The molecule has 1 heterocycles. The summed E-state index contributed by atoms with van der Waals surface area (Å²) in [7, 11) is 3.24. The summed E-state index contributed by atoms with van der Waals surface area (Å²) in [5, 5.41) is 7.23. The van der Waals surface area contributed by atoms with Gasteiger partial charge >= 0.3 is 0 Å². The fourth-order valence-corrected chi connectivity index (χ4v) is 2.60. The number of nitrogens with zero attached hydrogens (tertiary/aromatic N) is 2. The Bertz CT molecular complexity index is 859. The molecular formula is C17H17N3O2S. The molecule has 6 heteroatoms. The quantitative estimate of drug-likeness (QED) is 0.738. The Morgan fingerprint density at radius 3 is 2.17 bits per heavy atom. The highest BCUT2D eigenvalue weighted by Gasteiger charge is 2.13. The minimum absolute atomic E-state index is 0.533. The molecule has 0 saturated carbocycles. The van der Waals surface area contributed by atoms with Gasteiger partial charge in [-0.1, -0.05) is 17.7 Å². The molecule has 0 bridgehead atoms. The number of aryl methyl sites for hydroxylation is 1. The fourth-order valence-electron chi connectivity index (χ4n) is 2.36. The average molecular weight is 327 g/mol. The first-order valence-corrected chi connectivity index (χ1v) is 7.51. The third-order valence-electron chi connectivity index (χ3n) is 3.57. The average Bonchev–Trinajstić information content (AvgIpc) is 2.96. The van der Waals surface area contributed by atoms with Crippen molar-refractivity contribution in [1.82, 2.24) is 14.8 Å². The molecule has 1 N–H and O–H groups in total. The first-order chi connectivity index (χ1) is 11.1. The number of ether oxygens (including phenoxy) is 2. The molecule has 0 aliphatic heterocycles. The predicted molar refractivity (Wildman–Crippen MR) is 92.0 cm³/mol. The lowest BCUT2D eigenvalue weighted by molar-refractivity contribution is 0.394. The number of hydrogen-bond donors (Lipinski definition) is 1. The van der Waals surface area contributed by atoms with Gasteiger partial charge in [0, 0.05) is 17.3 Å². The lowest BCUT2D eigenvalue weighted by atomic mass is 10.1. The van der Waals surface area contributed by atoms with E-state index in [4.69, 9.17) is 21.7 Å². The molecule has 118 valence electrons. The monoisotopic (exact) mass is 327 g/mol. The summed E-state index contributed by atoms with van der Waals surface area (Å²) in [5.74, 6) is 2.10. The smallest absolute Gasteiger partial charge is 0.200 e. The van der Waals surface area contributed by atoms with Crippen molar-refractivity contribution >= 4 is 12.2 Å². The van der Waals surface area contributed by atoms with E-state index in [9.17, 15) is 0 Å². The van der Waals surface area contributed by atoms with Crippen LogP contribution in [0.2, 0.25) is 0 Å². The zero-order valence-corrected chi connectivity index (χ0v) is 14.0. The van der Waals surface area contributed by atoms with Gasteiger partial charge in [-0.3, -0.25) is 9.67 Å². The largest absolute Gasteiger partial charge is 0.497 e. The second kappa shape index (κ2) is 6.26. The lowest BCUT2D eigenvalue weighted by Crippen LogP contribution is -1.98. The number of aromatic nitrogens is 3. The topological polar surface area (TPSA) is 52.1 Å². The number of methoxy groups -OCH3 is 2. The Morgan fingerprint density at radius 1 is 1.00 bits per heavy atom. The molecule has 0 atom stereocenters. The highest BCUT2D eigenvalue weighted by atomic mass is 32.1. The Morgan fingerprint density at radius 2 is 1.61 bits per heavy atom. The Balaban J connectivity index is 2.19. The molecule has 23 heavy (non-hydrogen) atoms. The predicted octanol–water partition coefficient (Wildman–Crippen LogP) is 3.92. The zero-order valence-electron chi connectivity index (χ0n) is 13.2. The van der Waals surface area contributed by atoms with Crippen LogP contribution in [0.15, 0.2) is 42.5 Å². The van der Waals surface area contributed by atoms with Gasteiger partial charge in [0.25, 0.3) is 0 Å². The van der Waals surface area contributed by atoms with Gasteiger partial charge in [-0.15, -0.1) is 0 Å². The maximum Gasteiger partial charge on any atom is 0.200 e. The van der Waals surface area contributed by atoms with E-state index >= 15 is 0 Å². The number of H-pyrrole nitrogens is 1. The van der Waals surface area contributed by atoms with E-state index in [2.05, 4.69) is 10.2 Å². The van der Waals surface area contributed by atoms with E-state index in [0.717, 1.165) is 11.3 Å². The van der Waals surface area contributed by atoms with Crippen LogP contribution in [0.3, 0.4) is 0 Å². The molecule has 2 aromatic carbocycles. The summed E-state index contributed by atoms with van der Waals surface area (Å²) in [6.45, 7) is 2.05. The van der Waals surface area contributed by atoms with Gasteiger partial charge in [-0.2, -0.15) is 5.10 Å². The number of benzene rings is 2. The molecule has 3 rings (SSSR count). The van der Waals surface area contributed by atoms with Gasteiger partial charge in [-0.25, -0.2) is 0 Å². The first-order valence-electron chi connectivity index (χ1n) is 7.10. The van der Waals surface area contributed by atoms with Crippen molar-refractivity contribution in [2.75, 3.05) is 14.2 Å².